The van der Waals surface area contributed by atoms with Crippen LogP contribution in [0.5, 0.6) is 0 Å². The Labute approximate surface area is 134 Å². The molecule has 0 heterocycles. The van der Waals surface area contributed by atoms with Crippen LogP contribution >= 0.6 is 12.6 Å². The lowest BCUT2D eigenvalue weighted by molar-refractivity contribution is -0.138. The van der Waals surface area contributed by atoms with Crippen molar-refractivity contribution in [2.24, 2.45) is 4.99 Å². The summed E-state index contributed by atoms with van der Waals surface area (Å²) in [6.07, 6.45) is 1.62. The molecule has 120 valence electrons. The van der Waals surface area contributed by atoms with Crippen LogP contribution in [-0.4, -0.2) is 52.2 Å². The molecule has 0 aliphatic rings. The molecule has 7 heteroatoms. The summed E-state index contributed by atoms with van der Waals surface area (Å²) in [5.41, 5.74) is 0.575. The zero-order valence-corrected chi connectivity index (χ0v) is 13.4. The molecular formula is C15H20N2O4S. The summed E-state index contributed by atoms with van der Waals surface area (Å²) in [5.74, 6) is -1.58. The predicted molar refractivity (Wildman–Crippen MR) is 87.9 cm³/mol. The Morgan fingerprint density at radius 3 is 2.41 bits per heavy atom. The Morgan fingerprint density at radius 2 is 1.95 bits per heavy atom. The van der Waals surface area contributed by atoms with E-state index in [4.69, 9.17) is 10.2 Å². The van der Waals surface area contributed by atoms with Gasteiger partial charge in [0.25, 0.3) is 5.91 Å². The molecule has 1 atom stereocenters. The number of hydrogen-bond acceptors (Lipinski definition) is 5. The average molecular weight is 324 g/mol. The van der Waals surface area contributed by atoms with Crippen LogP contribution < -0.4 is 5.32 Å². The van der Waals surface area contributed by atoms with Crippen LogP contribution in [0.1, 0.15) is 29.8 Å². The van der Waals surface area contributed by atoms with E-state index >= 15 is 0 Å². The van der Waals surface area contributed by atoms with Crippen LogP contribution in [0.2, 0.25) is 0 Å². The lowest BCUT2D eigenvalue weighted by Gasteiger charge is -2.15. The maximum absolute atomic E-state index is 11.9. The topological polar surface area (TPSA) is 99.0 Å². The second-order valence-electron chi connectivity index (χ2n) is 5.40. The smallest absolute Gasteiger partial charge is 0.327 e. The highest BCUT2D eigenvalue weighted by molar-refractivity contribution is 7.80. The van der Waals surface area contributed by atoms with E-state index < -0.39 is 23.5 Å². The molecule has 0 saturated carbocycles. The maximum atomic E-state index is 11.9. The molecule has 3 N–H and O–H groups in total. The first-order chi connectivity index (χ1) is 10.3. The van der Waals surface area contributed by atoms with Gasteiger partial charge in [-0.2, -0.15) is 12.6 Å². The van der Waals surface area contributed by atoms with Crippen molar-refractivity contribution in [3.05, 3.63) is 35.4 Å². The second-order valence-corrected chi connectivity index (χ2v) is 5.76. The minimum atomic E-state index is -1.13. The fraction of sp³-hybridized carbons (Fsp3) is 0.400. The first-order valence-corrected chi connectivity index (χ1v) is 7.33. The number of nitrogens with zero attached hydrogens (tertiary/aromatic N) is 1. The Hall–Kier alpha value is -1.86. The van der Waals surface area contributed by atoms with E-state index in [-0.39, 0.29) is 12.4 Å². The highest BCUT2D eigenvalue weighted by Gasteiger charge is 2.18. The molecule has 1 aromatic rings. The number of carboxylic acid groups (broad SMARTS) is 1. The third-order valence-corrected chi connectivity index (χ3v) is 3.27. The van der Waals surface area contributed by atoms with Gasteiger partial charge in [0, 0.05) is 17.5 Å². The number of carboxylic acids is 1. The van der Waals surface area contributed by atoms with E-state index in [1.54, 1.807) is 44.3 Å². The molecule has 0 unspecified atom stereocenters. The van der Waals surface area contributed by atoms with Gasteiger partial charge in [-0.3, -0.25) is 9.79 Å². The molecular weight excluding hydrogens is 304 g/mol. The van der Waals surface area contributed by atoms with Crippen LogP contribution in [0.3, 0.4) is 0 Å². The molecule has 0 saturated heterocycles. The molecule has 6 nitrogen and oxygen atoms in total. The molecule has 0 aliphatic heterocycles. The van der Waals surface area contributed by atoms with Crippen LogP contribution in [0.15, 0.2) is 29.3 Å². The number of hydrogen-bond donors (Lipinski definition) is 4. The summed E-state index contributed by atoms with van der Waals surface area (Å²) in [6, 6.07) is 5.53. The number of nitrogens with one attached hydrogen (secondary N) is 1. The van der Waals surface area contributed by atoms with Crippen molar-refractivity contribution in [2.75, 3.05) is 12.4 Å². The van der Waals surface area contributed by atoms with Gasteiger partial charge in [-0.25, -0.2) is 4.79 Å². The maximum Gasteiger partial charge on any atom is 0.327 e. The summed E-state index contributed by atoms with van der Waals surface area (Å²) in [7, 11) is 0. The van der Waals surface area contributed by atoms with Gasteiger partial charge in [0.2, 0.25) is 0 Å². The van der Waals surface area contributed by atoms with E-state index in [9.17, 15) is 9.59 Å². The number of aliphatic carboxylic acids is 1. The summed E-state index contributed by atoms with van der Waals surface area (Å²) >= 11 is 3.89. The predicted octanol–water partition coefficient (Wildman–Crippen LogP) is 0.989. The number of carbonyl (C=O) groups excluding carboxylic acids is 1. The van der Waals surface area contributed by atoms with Gasteiger partial charge in [0.05, 0.1) is 12.1 Å². The quantitative estimate of drug-likeness (QED) is 0.444. The monoisotopic (exact) mass is 324 g/mol. The minimum absolute atomic E-state index is 0.0159. The molecule has 0 aromatic heterocycles. The van der Waals surface area contributed by atoms with E-state index in [1.165, 1.54) is 0 Å². The Kier molecular flexibility index (Phi) is 6.58. The first-order valence-electron chi connectivity index (χ1n) is 6.70. The highest BCUT2D eigenvalue weighted by Crippen LogP contribution is 2.08. The standard InChI is InChI=1S/C15H20N2O4S/c1-15(2,9-18)16-7-10-3-5-11(6-4-10)13(19)17-12(8-22)14(20)21/h3-7,12,18,22H,8-9H2,1-2H3,(H,17,19)(H,20,21)/t12-/m0/s1. The molecule has 0 fully saturated rings. The molecule has 0 bridgehead atoms. The van der Waals surface area contributed by atoms with Crippen molar-refractivity contribution in [3.8, 4) is 0 Å². The number of amides is 1. The van der Waals surface area contributed by atoms with E-state index in [1.807, 2.05) is 0 Å². The lowest BCUT2D eigenvalue weighted by atomic mass is 10.1. The average Bonchev–Trinajstić information content (AvgIpc) is 2.50. The molecule has 1 amide bonds. The Morgan fingerprint density at radius 1 is 1.36 bits per heavy atom. The normalized spacial score (nSPS) is 13.1. The van der Waals surface area contributed by atoms with Gasteiger partial charge in [0.1, 0.15) is 6.04 Å². The number of thiol groups is 1. The summed E-state index contributed by atoms with van der Waals surface area (Å²) in [6.45, 7) is 3.54. The second kappa shape index (κ2) is 7.95. The van der Waals surface area contributed by atoms with Gasteiger partial charge in [-0.05, 0) is 31.5 Å². The molecule has 0 spiro atoms. The van der Waals surface area contributed by atoms with Crippen LogP contribution in [0.25, 0.3) is 0 Å². The fourth-order valence-corrected chi connectivity index (χ4v) is 1.69. The molecule has 0 aliphatic carbocycles. The van der Waals surface area contributed by atoms with Gasteiger partial charge in [0.15, 0.2) is 0 Å². The third kappa shape index (κ3) is 5.50. The third-order valence-electron chi connectivity index (χ3n) is 2.91. The van der Waals surface area contributed by atoms with Crippen molar-refractivity contribution in [1.82, 2.24) is 5.32 Å². The number of carbonyl (C=O) groups is 2. The van der Waals surface area contributed by atoms with E-state index in [0.29, 0.717) is 5.56 Å². The molecule has 0 radical (unpaired) electrons. The number of aliphatic hydroxyl groups excluding tert-OH is 1. The Bertz CT molecular complexity index is 555. The number of aliphatic hydroxyl groups is 1. The van der Waals surface area contributed by atoms with Crippen LogP contribution in [-0.2, 0) is 4.79 Å². The summed E-state index contributed by atoms with van der Waals surface area (Å²) in [5, 5.41) is 20.4. The van der Waals surface area contributed by atoms with Crippen LogP contribution in [0, 0.1) is 0 Å². The van der Waals surface area contributed by atoms with Crippen LogP contribution in [0.4, 0.5) is 0 Å². The molecule has 22 heavy (non-hydrogen) atoms. The highest BCUT2D eigenvalue weighted by atomic mass is 32.1. The van der Waals surface area contributed by atoms with Crippen molar-refractivity contribution in [1.29, 1.82) is 0 Å². The fourth-order valence-electron chi connectivity index (χ4n) is 1.44. The van der Waals surface area contributed by atoms with E-state index in [2.05, 4.69) is 22.9 Å². The zero-order chi connectivity index (χ0) is 16.8. The van der Waals surface area contributed by atoms with Gasteiger partial charge < -0.3 is 15.5 Å². The van der Waals surface area contributed by atoms with E-state index in [0.717, 1.165) is 5.56 Å². The summed E-state index contributed by atoms with van der Waals surface area (Å²) < 4.78 is 0. The SMILES string of the molecule is CC(C)(CO)N=Cc1ccc(C(=O)N[C@@H](CS)C(=O)O)cc1. The van der Waals surface area contributed by atoms with Crippen molar-refractivity contribution >= 4 is 30.7 Å². The number of aliphatic imine (C=N–C) groups is 1. The lowest BCUT2D eigenvalue weighted by Crippen LogP contribution is -2.42. The zero-order valence-electron chi connectivity index (χ0n) is 12.5. The molecule has 1 aromatic carbocycles. The number of benzene rings is 1. The molecule has 1 rings (SSSR count). The van der Waals surface area contributed by atoms with Crippen molar-refractivity contribution in [3.63, 3.8) is 0 Å². The minimum Gasteiger partial charge on any atom is -0.480 e. The van der Waals surface area contributed by atoms with Gasteiger partial charge in [-0.1, -0.05) is 12.1 Å². The van der Waals surface area contributed by atoms with Crippen molar-refractivity contribution < 1.29 is 19.8 Å². The first kappa shape index (κ1) is 18.2. The van der Waals surface area contributed by atoms with Gasteiger partial charge in [-0.15, -0.1) is 0 Å². The van der Waals surface area contributed by atoms with Crippen molar-refractivity contribution in [2.45, 2.75) is 25.4 Å². The largest absolute Gasteiger partial charge is 0.480 e. The number of rotatable bonds is 7. The summed E-state index contributed by atoms with van der Waals surface area (Å²) in [4.78, 5) is 27.0. The Balaban J connectivity index is 2.76. The van der Waals surface area contributed by atoms with Gasteiger partial charge >= 0.3 is 5.97 Å².